The van der Waals surface area contributed by atoms with E-state index in [0.717, 1.165) is 18.7 Å². The molecule has 1 aliphatic rings. The Morgan fingerprint density at radius 1 is 1.17 bits per heavy atom. The van der Waals surface area contributed by atoms with Crippen molar-refractivity contribution in [3.8, 4) is 0 Å². The molecule has 0 saturated heterocycles. The van der Waals surface area contributed by atoms with Gasteiger partial charge in [0.1, 0.15) is 0 Å². The van der Waals surface area contributed by atoms with Gasteiger partial charge in [0.05, 0.1) is 15.7 Å². The second-order valence-electron chi connectivity index (χ2n) is 4.64. The summed E-state index contributed by atoms with van der Waals surface area (Å²) in [7, 11) is 0. The number of anilines is 2. The number of allylic oxidation sites excluding steroid dienone is 1. The first-order valence-corrected chi connectivity index (χ1v) is 7.08. The van der Waals surface area contributed by atoms with Crippen LogP contribution in [0.5, 0.6) is 0 Å². The number of rotatable bonds is 4. The summed E-state index contributed by atoms with van der Waals surface area (Å²) in [5.74, 6) is 0. The molecule has 0 unspecified atom stereocenters. The van der Waals surface area contributed by atoms with Crippen LogP contribution < -0.4 is 11.1 Å². The summed E-state index contributed by atoms with van der Waals surface area (Å²) in [6, 6.07) is 3.44. The summed E-state index contributed by atoms with van der Waals surface area (Å²) in [5.41, 5.74) is 8.58. The molecule has 0 amide bonds. The summed E-state index contributed by atoms with van der Waals surface area (Å²) >= 11 is 12.2. The number of nitrogens with two attached hydrogens (primary N) is 1. The fourth-order valence-corrected chi connectivity index (χ4v) is 2.88. The molecule has 0 spiro atoms. The van der Waals surface area contributed by atoms with E-state index in [4.69, 9.17) is 28.9 Å². The summed E-state index contributed by atoms with van der Waals surface area (Å²) in [6.45, 7) is 0.856. The second kappa shape index (κ2) is 6.35. The Morgan fingerprint density at radius 3 is 2.50 bits per heavy atom. The molecule has 1 aliphatic carbocycles. The lowest BCUT2D eigenvalue weighted by Gasteiger charge is -2.15. The van der Waals surface area contributed by atoms with Crippen molar-refractivity contribution in [1.82, 2.24) is 0 Å². The van der Waals surface area contributed by atoms with E-state index in [-0.39, 0.29) is 0 Å². The molecule has 1 aromatic rings. The van der Waals surface area contributed by atoms with Crippen molar-refractivity contribution < 1.29 is 0 Å². The van der Waals surface area contributed by atoms with Gasteiger partial charge >= 0.3 is 0 Å². The Bertz CT molecular complexity index is 432. The zero-order valence-electron chi connectivity index (χ0n) is 10.3. The van der Waals surface area contributed by atoms with E-state index in [1.54, 1.807) is 12.1 Å². The zero-order valence-corrected chi connectivity index (χ0v) is 11.8. The lowest BCUT2D eigenvalue weighted by molar-refractivity contribution is 0.679. The molecular formula is C14H18Cl2N2. The van der Waals surface area contributed by atoms with Crippen LogP contribution >= 0.6 is 23.2 Å². The van der Waals surface area contributed by atoms with Gasteiger partial charge < -0.3 is 11.1 Å². The molecule has 0 aromatic heterocycles. The second-order valence-corrected chi connectivity index (χ2v) is 5.46. The van der Waals surface area contributed by atoms with E-state index in [1.807, 2.05) is 0 Å². The quantitative estimate of drug-likeness (QED) is 0.611. The number of nitrogens with one attached hydrogen (secondary N) is 1. The monoisotopic (exact) mass is 284 g/mol. The van der Waals surface area contributed by atoms with Gasteiger partial charge in [-0.3, -0.25) is 0 Å². The molecule has 0 atom stereocenters. The summed E-state index contributed by atoms with van der Waals surface area (Å²) in [5, 5.41) is 4.46. The van der Waals surface area contributed by atoms with E-state index < -0.39 is 0 Å². The van der Waals surface area contributed by atoms with Crippen LogP contribution in [0.1, 0.15) is 32.1 Å². The maximum absolute atomic E-state index is 6.11. The first-order chi connectivity index (χ1) is 8.66. The van der Waals surface area contributed by atoms with Crippen LogP contribution in [0, 0.1) is 0 Å². The van der Waals surface area contributed by atoms with E-state index in [9.17, 15) is 0 Å². The van der Waals surface area contributed by atoms with Gasteiger partial charge in [-0.05, 0) is 44.2 Å². The Balaban J connectivity index is 1.92. The third-order valence-corrected chi connectivity index (χ3v) is 3.79. The van der Waals surface area contributed by atoms with E-state index in [1.165, 1.54) is 31.3 Å². The highest BCUT2D eigenvalue weighted by Crippen LogP contribution is 2.33. The number of benzene rings is 1. The Labute approximate surface area is 118 Å². The van der Waals surface area contributed by atoms with Gasteiger partial charge in [0.25, 0.3) is 0 Å². The fourth-order valence-electron chi connectivity index (χ4n) is 2.24. The molecule has 1 aromatic carbocycles. The highest BCUT2D eigenvalue weighted by molar-refractivity contribution is 6.39. The minimum absolute atomic E-state index is 0.581. The average molecular weight is 285 g/mol. The number of hydrogen-bond donors (Lipinski definition) is 2. The zero-order chi connectivity index (χ0) is 13.0. The third-order valence-electron chi connectivity index (χ3n) is 3.20. The van der Waals surface area contributed by atoms with Gasteiger partial charge in [-0.25, -0.2) is 0 Å². The standard InChI is InChI=1S/C14H18Cl2N2/c15-12-8-11(17)9-13(16)14(12)18-7-6-10-4-2-1-3-5-10/h4,8-9,18H,1-3,5-7,17H2. The Morgan fingerprint density at radius 2 is 1.89 bits per heavy atom. The minimum Gasteiger partial charge on any atom is -0.399 e. The number of hydrogen-bond acceptors (Lipinski definition) is 2. The molecule has 0 fully saturated rings. The van der Waals surface area contributed by atoms with E-state index in [0.29, 0.717) is 15.7 Å². The smallest absolute Gasteiger partial charge is 0.0720 e. The van der Waals surface area contributed by atoms with Crippen molar-refractivity contribution in [2.75, 3.05) is 17.6 Å². The summed E-state index contributed by atoms with van der Waals surface area (Å²) in [6.07, 6.45) is 8.50. The molecular weight excluding hydrogens is 267 g/mol. The fraction of sp³-hybridized carbons (Fsp3) is 0.429. The summed E-state index contributed by atoms with van der Waals surface area (Å²) < 4.78 is 0. The minimum atomic E-state index is 0.581. The molecule has 3 N–H and O–H groups in total. The van der Waals surface area contributed by atoms with Crippen LogP contribution in [0.3, 0.4) is 0 Å². The molecule has 4 heteroatoms. The topological polar surface area (TPSA) is 38.0 Å². The molecule has 18 heavy (non-hydrogen) atoms. The Kier molecular flexibility index (Phi) is 4.79. The van der Waals surface area contributed by atoms with Gasteiger partial charge in [0.2, 0.25) is 0 Å². The molecule has 0 bridgehead atoms. The van der Waals surface area contributed by atoms with Gasteiger partial charge in [0.15, 0.2) is 0 Å². The van der Waals surface area contributed by atoms with Crippen LogP contribution in [0.2, 0.25) is 10.0 Å². The lowest BCUT2D eigenvalue weighted by atomic mass is 9.97. The van der Waals surface area contributed by atoms with Gasteiger partial charge in [-0.15, -0.1) is 0 Å². The first kappa shape index (κ1) is 13.6. The molecule has 2 rings (SSSR count). The highest BCUT2D eigenvalue weighted by Gasteiger charge is 2.08. The van der Waals surface area contributed by atoms with Gasteiger partial charge in [-0.2, -0.15) is 0 Å². The maximum atomic E-state index is 6.11. The number of nitrogen functional groups attached to an aromatic ring is 1. The molecule has 0 saturated carbocycles. The van der Waals surface area contributed by atoms with Crippen LogP contribution in [0.15, 0.2) is 23.8 Å². The van der Waals surface area contributed by atoms with Crippen molar-refractivity contribution in [2.24, 2.45) is 0 Å². The predicted octanol–water partition coefficient (Wildman–Crippen LogP) is 4.88. The number of halogens is 2. The van der Waals surface area contributed by atoms with Crippen molar-refractivity contribution >= 4 is 34.6 Å². The van der Waals surface area contributed by atoms with Crippen LogP contribution in [-0.2, 0) is 0 Å². The highest BCUT2D eigenvalue weighted by atomic mass is 35.5. The summed E-state index contributed by atoms with van der Waals surface area (Å²) in [4.78, 5) is 0. The molecule has 98 valence electrons. The van der Waals surface area contributed by atoms with Crippen LogP contribution in [0.4, 0.5) is 11.4 Å². The van der Waals surface area contributed by atoms with Crippen molar-refractivity contribution in [1.29, 1.82) is 0 Å². The van der Waals surface area contributed by atoms with Gasteiger partial charge in [0, 0.05) is 12.2 Å². The molecule has 0 aliphatic heterocycles. The van der Waals surface area contributed by atoms with E-state index >= 15 is 0 Å². The molecule has 0 radical (unpaired) electrons. The van der Waals surface area contributed by atoms with Crippen LogP contribution in [0.25, 0.3) is 0 Å². The normalized spacial score (nSPS) is 15.3. The van der Waals surface area contributed by atoms with Gasteiger partial charge in [-0.1, -0.05) is 34.9 Å². The van der Waals surface area contributed by atoms with Crippen molar-refractivity contribution in [2.45, 2.75) is 32.1 Å². The SMILES string of the molecule is Nc1cc(Cl)c(NCCC2=CCCCC2)c(Cl)c1. The van der Waals surface area contributed by atoms with Crippen LogP contribution in [-0.4, -0.2) is 6.54 Å². The first-order valence-electron chi connectivity index (χ1n) is 6.33. The predicted molar refractivity (Wildman–Crippen MR) is 80.5 cm³/mol. The van der Waals surface area contributed by atoms with E-state index in [2.05, 4.69) is 11.4 Å². The molecule has 2 nitrogen and oxygen atoms in total. The Hall–Kier alpha value is -0.860. The lowest BCUT2D eigenvalue weighted by Crippen LogP contribution is -2.05. The maximum Gasteiger partial charge on any atom is 0.0720 e. The van der Waals surface area contributed by atoms with Crippen molar-refractivity contribution in [3.63, 3.8) is 0 Å². The molecule has 0 heterocycles. The third kappa shape index (κ3) is 3.56. The average Bonchev–Trinajstić information content (AvgIpc) is 2.34. The largest absolute Gasteiger partial charge is 0.399 e. The van der Waals surface area contributed by atoms with Crippen molar-refractivity contribution in [3.05, 3.63) is 33.8 Å².